The van der Waals surface area contributed by atoms with Crippen LogP contribution < -0.4 is 5.32 Å². The van der Waals surface area contributed by atoms with Crippen molar-refractivity contribution in [2.24, 2.45) is 0 Å². The molecule has 5 heteroatoms. The fraction of sp³-hybridized carbons (Fsp3) is 0.345. The summed E-state index contributed by atoms with van der Waals surface area (Å²) >= 11 is 0. The number of piperidine rings is 1. The van der Waals surface area contributed by atoms with Crippen LogP contribution in [0.5, 0.6) is 0 Å². The van der Waals surface area contributed by atoms with E-state index in [9.17, 15) is 14.3 Å². The minimum atomic E-state index is -0.257. The average Bonchev–Trinajstić information content (AvgIpc) is 2.86. The first-order chi connectivity index (χ1) is 16.5. The maximum atomic E-state index is 13.2. The molecule has 3 aromatic rings. The number of aliphatic hydroxyl groups is 1. The van der Waals surface area contributed by atoms with E-state index >= 15 is 0 Å². The number of hydrogen-bond acceptors (Lipinski definition) is 3. The lowest BCUT2D eigenvalue weighted by Crippen LogP contribution is -2.39. The molecule has 2 N–H and O–H groups in total. The molecule has 4 nitrogen and oxygen atoms in total. The molecule has 0 bridgehead atoms. The van der Waals surface area contributed by atoms with Crippen LogP contribution in [0.4, 0.5) is 4.39 Å². The summed E-state index contributed by atoms with van der Waals surface area (Å²) in [6, 6.07) is 20.7. The normalized spacial score (nSPS) is 18.9. The number of carbonyl (C=O) groups excluding carboxylic acids is 1. The molecule has 34 heavy (non-hydrogen) atoms. The van der Waals surface area contributed by atoms with Gasteiger partial charge in [-0.1, -0.05) is 42.5 Å². The molecule has 1 aliphatic carbocycles. The van der Waals surface area contributed by atoms with Crippen LogP contribution in [0.3, 0.4) is 0 Å². The quantitative estimate of drug-likeness (QED) is 0.581. The van der Waals surface area contributed by atoms with Crippen LogP contribution in [0.15, 0.2) is 66.7 Å². The van der Waals surface area contributed by atoms with Gasteiger partial charge in [-0.05, 0) is 84.2 Å². The molecule has 1 saturated heterocycles. The minimum Gasteiger partial charge on any atom is -0.393 e. The zero-order chi connectivity index (χ0) is 23.5. The molecule has 2 aliphatic rings. The van der Waals surface area contributed by atoms with Crippen molar-refractivity contribution in [3.8, 4) is 11.1 Å². The van der Waals surface area contributed by atoms with Crippen molar-refractivity contribution in [2.45, 2.75) is 50.8 Å². The van der Waals surface area contributed by atoms with Crippen LogP contribution in [0.1, 0.15) is 46.3 Å². The third kappa shape index (κ3) is 5.37. The summed E-state index contributed by atoms with van der Waals surface area (Å²) in [4.78, 5) is 15.3. The Labute approximate surface area is 200 Å². The van der Waals surface area contributed by atoms with Gasteiger partial charge in [-0.25, -0.2) is 4.39 Å². The van der Waals surface area contributed by atoms with Crippen molar-refractivity contribution in [3.05, 3.63) is 94.8 Å². The van der Waals surface area contributed by atoms with E-state index in [1.54, 1.807) is 12.1 Å². The van der Waals surface area contributed by atoms with Gasteiger partial charge in [0.15, 0.2) is 0 Å². The Morgan fingerprint density at radius 1 is 0.912 bits per heavy atom. The van der Waals surface area contributed by atoms with Gasteiger partial charge in [0, 0.05) is 31.2 Å². The summed E-state index contributed by atoms with van der Waals surface area (Å²) < 4.78 is 13.2. The van der Waals surface area contributed by atoms with Crippen molar-refractivity contribution >= 4 is 5.91 Å². The fourth-order valence-corrected chi connectivity index (χ4v) is 5.09. The second-order valence-electron chi connectivity index (χ2n) is 9.61. The zero-order valence-corrected chi connectivity index (χ0v) is 19.3. The van der Waals surface area contributed by atoms with Gasteiger partial charge in [-0.2, -0.15) is 0 Å². The topological polar surface area (TPSA) is 52.6 Å². The van der Waals surface area contributed by atoms with Crippen LogP contribution >= 0.6 is 0 Å². The first-order valence-electron chi connectivity index (χ1n) is 12.2. The van der Waals surface area contributed by atoms with E-state index in [0.29, 0.717) is 5.56 Å². The molecule has 0 saturated carbocycles. The Hall–Kier alpha value is -3.02. The number of amides is 1. The lowest BCUT2D eigenvalue weighted by Gasteiger charge is -2.30. The second kappa shape index (κ2) is 10.1. The van der Waals surface area contributed by atoms with Crippen molar-refractivity contribution < 1.29 is 14.3 Å². The first kappa shape index (κ1) is 22.8. The van der Waals surface area contributed by atoms with Gasteiger partial charge in [0.05, 0.1) is 6.10 Å². The van der Waals surface area contributed by atoms with E-state index in [2.05, 4.69) is 28.4 Å². The van der Waals surface area contributed by atoms with Gasteiger partial charge in [-0.15, -0.1) is 0 Å². The first-order valence-corrected chi connectivity index (χ1v) is 12.2. The highest BCUT2D eigenvalue weighted by atomic mass is 19.1. The summed E-state index contributed by atoms with van der Waals surface area (Å²) in [5, 5.41) is 12.9. The van der Waals surface area contributed by atoms with Gasteiger partial charge in [0.1, 0.15) is 5.82 Å². The summed E-state index contributed by atoms with van der Waals surface area (Å²) in [6.07, 6.45) is 4.34. The number of aryl methyl sites for hydroxylation is 1. The third-order valence-corrected chi connectivity index (χ3v) is 7.12. The number of nitrogens with zero attached hydrogens (tertiary/aromatic N) is 1. The predicted molar refractivity (Wildman–Crippen MR) is 132 cm³/mol. The molecule has 1 aliphatic heterocycles. The molecule has 1 heterocycles. The van der Waals surface area contributed by atoms with Gasteiger partial charge in [0.25, 0.3) is 5.91 Å². The van der Waals surface area contributed by atoms with Crippen LogP contribution in [0.2, 0.25) is 0 Å². The Balaban J connectivity index is 1.17. The second-order valence-corrected chi connectivity index (χ2v) is 9.61. The van der Waals surface area contributed by atoms with E-state index in [0.717, 1.165) is 62.9 Å². The Kier molecular flexibility index (Phi) is 6.75. The summed E-state index contributed by atoms with van der Waals surface area (Å²) in [6.45, 7) is 2.85. The van der Waals surface area contributed by atoms with Crippen molar-refractivity contribution in [2.75, 3.05) is 13.1 Å². The fourth-order valence-electron chi connectivity index (χ4n) is 5.09. The SMILES string of the molecule is O=C(NC1CCc2cc(CN3CCC(O)CC3)ccc2C1)c1ccc(-c2ccc(F)cc2)cc1. The molecule has 1 fully saturated rings. The largest absolute Gasteiger partial charge is 0.393 e. The zero-order valence-electron chi connectivity index (χ0n) is 19.3. The Bertz CT molecular complexity index is 1140. The minimum absolute atomic E-state index is 0.0528. The third-order valence-electron chi connectivity index (χ3n) is 7.12. The molecule has 1 amide bonds. The van der Waals surface area contributed by atoms with E-state index in [1.807, 2.05) is 24.3 Å². The van der Waals surface area contributed by atoms with Crippen LogP contribution in [-0.2, 0) is 19.4 Å². The van der Waals surface area contributed by atoms with Crippen molar-refractivity contribution in [3.63, 3.8) is 0 Å². The number of carbonyl (C=O) groups is 1. The van der Waals surface area contributed by atoms with Crippen LogP contribution in [-0.4, -0.2) is 41.1 Å². The maximum absolute atomic E-state index is 13.2. The van der Waals surface area contributed by atoms with Gasteiger partial charge in [0.2, 0.25) is 0 Å². The number of rotatable bonds is 5. The van der Waals surface area contributed by atoms with E-state index < -0.39 is 0 Å². The summed E-state index contributed by atoms with van der Waals surface area (Å²) in [5.41, 5.74) is 6.57. The Morgan fingerprint density at radius 3 is 2.29 bits per heavy atom. The smallest absolute Gasteiger partial charge is 0.251 e. The molecule has 1 unspecified atom stereocenters. The molecule has 0 radical (unpaired) electrons. The molecule has 3 aromatic carbocycles. The molecule has 0 aromatic heterocycles. The summed E-state index contributed by atoms with van der Waals surface area (Å²) in [7, 11) is 0. The predicted octanol–water partition coefficient (Wildman–Crippen LogP) is 4.74. The molecule has 1 atom stereocenters. The molecular weight excluding hydrogens is 427 g/mol. The standard InChI is InChI=1S/C29H31FN2O2/c30-26-10-7-22(8-11-26)21-3-5-23(6-4-21)29(34)31-27-12-9-24-17-20(1-2-25(24)18-27)19-32-15-13-28(33)14-16-32/h1-8,10-11,17,27-28,33H,9,12-16,18-19H2,(H,31,34). The maximum Gasteiger partial charge on any atom is 0.251 e. The molecule has 5 rings (SSSR count). The van der Waals surface area contributed by atoms with E-state index in [1.165, 1.54) is 28.8 Å². The summed E-state index contributed by atoms with van der Waals surface area (Å²) in [5.74, 6) is -0.309. The Morgan fingerprint density at radius 2 is 1.59 bits per heavy atom. The van der Waals surface area contributed by atoms with Crippen LogP contribution in [0.25, 0.3) is 11.1 Å². The highest BCUT2D eigenvalue weighted by molar-refractivity contribution is 5.94. The van der Waals surface area contributed by atoms with E-state index in [-0.39, 0.29) is 23.9 Å². The number of benzene rings is 3. The van der Waals surface area contributed by atoms with Gasteiger partial charge >= 0.3 is 0 Å². The number of aliphatic hydroxyl groups excluding tert-OH is 1. The number of likely N-dealkylation sites (tertiary alicyclic amines) is 1. The van der Waals surface area contributed by atoms with Gasteiger partial charge in [-0.3, -0.25) is 9.69 Å². The molecular formula is C29H31FN2O2. The highest BCUT2D eigenvalue weighted by Crippen LogP contribution is 2.25. The lowest BCUT2D eigenvalue weighted by atomic mass is 9.87. The number of nitrogens with one attached hydrogen (secondary N) is 1. The monoisotopic (exact) mass is 458 g/mol. The number of fused-ring (bicyclic) bond motifs is 1. The highest BCUT2D eigenvalue weighted by Gasteiger charge is 2.22. The van der Waals surface area contributed by atoms with Crippen molar-refractivity contribution in [1.29, 1.82) is 0 Å². The van der Waals surface area contributed by atoms with Crippen molar-refractivity contribution in [1.82, 2.24) is 10.2 Å². The van der Waals surface area contributed by atoms with Crippen LogP contribution in [0, 0.1) is 5.82 Å². The molecule has 0 spiro atoms. The molecule has 176 valence electrons. The number of hydrogen-bond donors (Lipinski definition) is 2. The van der Waals surface area contributed by atoms with Gasteiger partial charge < -0.3 is 10.4 Å². The average molecular weight is 459 g/mol. The lowest BCUT2D eigenvalue weighted by molar-refractivity contribution is 0.0792. The van der Waals surface area contributed by atoms with E-state index in [4.69, 9.17) is 0 Å². The number of halogens is 1.